The molecule has 0 saturated heterocycles. The van der Waals surface area contributed by atoms with Crippen molar-refractivity contribution in [2.45, 2.75) is 26.7 Å². The number of aliphatic carboxylic acids is 1. The Kier molecular flexibility index (Phi) is 2.34. The number of aromatic nitrogens is 4. The van der Waals surface area contributed by atoms with Crippen molar-refractivity contribution in [2.75, 3.05) is 0 Å². The van der Waals surface area contributed by atoms with Gasteiger partial charge in [0.15, 0.2) is 0 Å². The van der Waals surface area contributed by atoms with Gasteiger partial charge in [0, 0.05) is 0 Å². The van der Waals surface area contributed by atoms with Gasteiger partial charge in [-0.15, -0.1) is 0 Å². The van der Waals surface area contributed by atoms with Gasteiger partial charge in [-0.1, -0.05) is 0 Å². The summed E-state index contributed by atoms with van der Waals surface area (Å²) in [5, 5.41) is 13.2. The average Bonchev–Trinajstić information content (AvgIpc) is 2.60. The number of hydrogen-bond acceptors (Lipinski definition) is 4. The molecule has 0 aliphatic rings. The van der Waals surface area contributed by atoms with Gasteiger partial charge in [-0.3, -0.25) is 4.79 Å². The van der Waals surface area contributed by atoms with Gasteiger partial charge in [-0.05, 0) is 20.8 Å². The fraction of sp³-hybridized carbons (Fsp3) is 0.400. The van der Waals surface area contributed by atoms with E-state index in [2.05, 4.69) is 15.1 Å². The first-order valence-corrected chi connectivity index (χ1v) is 4.92. The molecule has 0 aromatic carbocycles. The monoisotopic (exact) mass is 220 g/mol. The van der Waals surface area contributed by atoms with Crippen LogP contribution in [0.1, 0.15) is 29.9 Å². The van der Waals surface area contributed by atoms with Crippen molar-refractivity contribution >= 4 is 11.7 Å². The van der Waals surface area contributed by atoms with Gasteiger partial charge in [0.1, 0.15) is 0 Å². The molecule has 84 valence electrons. The minimum absolute atomic E-state index is 0.436. The summed E-state index contributed by atoms with van der Waals surface area (Å²) in [6, 6.07) is 0. The lowest BCUT2D eigenvalue weighted by atomic mass is 10.1. The highest BCUT2D eigenvalue weighted by Gasteiger charge is 2.19. The van der Waals surface area contributed by atoms with E-state index < -0.39 is 11.9 Å². The summed E-state index contributed by atoms with van der Waals surface area (Å²) in [7, 11) is 0. The van der Waals surface area contributed by atoms with E-state index in [1.165, 1.54) is 10.7 Å². The zero-order valence-electron chi connectivity index (χ0n) is 9.30. The molecular formula is C10H12N4O2. The maximum atomic E-state index is 10.9. The predicted molar refractivity (Wildman–Crippen MR) is 56.3 cm³/mol. The van der Waals surface area contributed by atoms with Crippen LogP contribution in [0.25, 0.3) is 5.78 Å². The number of aryl methyl sites for hydroxylation is 2. The number of rotatable bonds is 2. The molecule has 0 aliphatic carbocycles. The molecule has 0 spiro atoms. The Labute approximate surface area is 92.0 Å². The molecule has 0 fully saturated rings. The summed E-state index contributed by atoms with van der Waals surface area (Å²) in [5.74, 6) is -1.11. The molecule has 1 atom stereocenters. The molecule has 0 bridgehead atoms. The Bertz CT molecular complexity index is 561. The number of imidazole rings is 1. The second kappa shape index (κ2) is 3.55. The van der Waals surface area contributed by atoms with Crippen LogP contribution in [0.5, 0.6) is 0 Å². The Morgan fingerprint density at radius 1 is 1.44 bits per heavy atom. The number of carboxylic acid groups (broad SMARTS) is 1. The molecule has 1 N–H and O–H groups in total. The molecule has 6 heteroatoms. The van der Waals surface area contributed by atoms with E-state index in [1.807, 2.05) is 13.8 Å². The van der Waals surface area contributed by atoms with E-state index in [4.69, 9.17) is 5.11 Å². The van der Waals surface area contributed by atoms with Crippen LogP contribution >= 0.6 is 0 Å². The van der Waals surface area contributed by atoms with E-state index in [0.717, 1.165) is 11.4 Å². The van der Waals surface area contributed by atoms with Crippen LogP contribution in [0.15, 0.2) is 6.20 Å². The molecule has 2 aromatic rings. The molecular weight excluding hydrogens is 208 g/mol. The van der Waals surface area contributed by atoms with Crippen LogP contribution in [-0.4, -0.2) is 30.7 Å². The van der Waals surface area contributed by atoms with Crippen LogP contribution in [0.3, 0.4) is 0 Å². The van der Waals surface area contributed by atoms with Crippen molar-refractivity contribution in [3.63, 3.8) is 0 Å². The third kappa shape index (κ3) is 1.52. The standard InChI is InChI=1S/C10H12N4O2/c1-5(9(15)16)8-4-11-10-12-6(2)7(3)13-14(8)10/h4-5H,1-3H3,(H,15,16). The second-order valence-corrected chi connectivity index (χ2v) is 3.74. The maximum absolute atomic E-state index is 10.9. The zero-order valence-corrected chi connectivity index (χ0v) is 9.30. The number of hydrogen-bond donors (Lipinski definition) is 1. The number of fused-ring (bicyclic) bond motifs is 1. The fourth-order valence-electron chi connectivity index (χ4n) is 1.40. The van der Waals surface area contributed by atoms with E-state index in [9.17, 15) is 4.79 Å². The van der Waals surface area contributed by atoms with Gasteiger partial charge in [0.05, 0.1) is 29.2 Å². The molecule has 0 saturated carbocycles. The molecule has 0 aliphatic heterocycles. The Morgan fingerprint density at radius 3 is 2.75 bits per heavy atom. The minimum atomic E-state index is -0.901. The summed E-state index contributed by atoms with van der Waals surface area (Å²) in [6.45, 7) is 5.27. The SMILES string of the molecule is Cc1nc2ncc(C(C)C(=O)O)n2nc1C. The molecule has 2 heterocycles. The van der Waals surface area contributed by atoms with Crippen molar-refractivity contribution in [2.24, 2.45) is 0 Å². The normalized spacial score (nSPS) is 12.9. The third-order valence-electron chi connectivity index (χ3n) is 2.60. The van der Waals surface area contributed by atoms with E-state index in [0.29, 0.717) is 11.5 Å². The van der Waals surface area contributed by atoms with E-state index in [-0.39, 0.29) is 0 Å². The summed E-state index contributed by atoms with van der Waals surface area (Å²) in [6.07, 6.45) is 1.51. The van der Waals surface area contributed by atoms with Crippen molar-refractivity contribution in [3.8, 4) is 0 Å². The maximum Gasteiger partial charge on any atom is 0.312 e. The first-order chi connectivity index (χ1) is 7.50. The third-order valence-corrected chi connectivity index (χ3v) is 2.60. The Hall–Kier alpha value is -1.98. The fourth-order valence-corrected chi connectivity index (χ4v) is 1.40. The average molecular weight is 220 g/mol. The highest BCUT2D eigenvalue weighted by molar-refractivity contribution is 5.75. The summed E-state index contributed by atoms with van der Waals surface area (Å²) in [4.78, 5) is 19.2. The Morgan fingerprint density at radius 2 is 2.12 bits per heavy atom. The molecule has 16 heavy (non-hydrogen) atoms. The minimum Gasteiger partial charge on any atom is -0.481 e. The van der Waals surface area contributed by atoms with Crippen molar-refractivity contribution in [3.05, 3.63) is 23.3 Å². The molecule has 6 nitrogen and oxygen atoms in total. The van der Waals surface area contributed by atoms with Gasteiger partial charge in [0.2, 0.25) is 0 Å². The van der Waals surface area contributed by atoms with Crippen LogP contribution in [0, 0.1) is 13.8 Å². The van der Waals surface area contributed by atoms with Gasteiger partial charge in [-0.25, -0.2) is 14.5 Å². The first kappa shape index (κ1) is 10.5. The van der Waals surface area contributed by atoms with Gasteiger partial charge in [-0.2, -0.15) is 5.10 Å². The predicted octanol–water partition coefficient (Wildman–Crippen LogP) is 0.929. The quantitative estimate of drug-likeness (QED) is 0.814. The van der Waals surface area contributed by atoms with E-state index >= 15 is 0 Å². The molecule has 1 unspecified atom stereocenters. The lowest BCUT2D eigenvalue weighted by Gasteiger charge is -2.05. The summed E-state index contributed by atoms with van der Waals surface area (Å²) in [5.41, 5.74) is 2.11. The number of carbonyl (C=O) groups is 1. The number of nitrogens with zero attached hydrogens (tertiary/aromatic N) is 4. The smallest absolute Gasteiger partial charge is 0.312 e. The largest absolute Gasteiger partial charge is 0.481 e. The van der Waals surface area contributed by atoms with Crippen LogP contribution < -0.4 is 0 Å². The van der Waals surface area contributed by atoms with Crippen LogP contribution in [0.2, 0.25) is 0 Å². The summed E-state index contributed by atoms with van der Waals surface area (Å²) >= 11 is 0. The Balaban J connectivity index is 2.65. The number of carboxylic acids is 1. The lowest BCUT2D eigenvalue weighted by molar-refractivity contribution is -0.138. The van der Waals surface area contributed by atoms with Crippen LogP contribution in [0.4, 0.5) is 0 Å². The highest BCUT2D eigenvalue weighted by atomic mass is 16.4. The van der Waals surface area contributed by atoms with Gasteiger partial charge < -0.3 is 5.11 Å². The zero-order chi connectivity index (χ0) is 11.9. The molecule has 2 aromatic heterocycles. The van der Waals surface area contributed by atoms with Crippen molar-refractivity contribution < 1.29 is 9.90 Å². The topological polar surface area (TPSA) is 80.4 Å². The second-order valence-electron chi connectivity index (χ2n) is 3.74. The summed E-state index contributed by atoms with van der Waals surface area (Å²) < 4.78 is 1.49. The van der Waals surface area contributed by atoms with Crippen molar-refractivity contribution in [1.29, 1.82) is 0 Å². The van der Waals surface area contributed by atoms with Gasteiger partial charge in [0.25, 0.3) is 5.78 Å². The first-order valence-electron chi connectivity index (χ1n) is 4.92. The highest BCUT2D eigenvalue weighted by Crippen LogP contribution is 2.16. The van der Waals surface area contributed by atoms with Crippen LogP contribution in [-0.2, 0) is 4.79 Å². The van der Waals surface area contributed by atoms with Gasteiger partial charge >= 0.3 is 5.97 Å². The van der Waals surface area contributed by atoms with E-state index in [1.54, 1.807) is 6.92 Å². The molecule has 2 rings (SSSR count). The van der Waals surface area contributed by atoms with Crippen molar-refractivity contribution in [1.82, 2.24) is 19.6 Å². The lowest BCUT2D eigenvalue weighted by Crippen LogP contribution is -2.12. The molecule has 0 amide bonds. The molecule has 0 radical (unpaired) electrons.